The minimum absolute atomic E-state index is 0.0760. The third-order valence-corrected chi connectivity index (χ3v) is 4.04. The molecule has 0 heterocycles. The molecule has 1 aromatic carbocycles. The Labute approximate surface area is 138 Å². The first-order valence-electron chi connectivity index (χ1n) is 7.04. The van der Waals surface area contributed by atoms with Gasteiger partial charge in [0.15, 0.2) is 5.79 Å². The van der Waals surface area contributed by atoms with Crippen LogP contribution in [-0.4, -0.2) is 41.7 Å². The van der Waals surface area contributed by atoms with Crippen LogP contribution in [0.4, 0.5) is 0 Å². The number of phenolic OH excluding ortho intramolecular Hbond substituents is 1. The number of phenols is 1. The monoisotopic (exact) mass is 355 g/mol. The van der Waals surface area contributed by atoms with Crippen LogP contribution in [0.2, 0.25) is 0 Å². The molecule has 8 nitrogen and oxygen atoms in total. The highest BCUT2D eigenvalue weighted by molar-refractivity contribution is 7.50. The first kappa shape index (κ1) is 18.4. The summed E-state index contributed by atoms with van der Waals surface area (Å²) in [6.45, 7) is 0. The molecule has 1 aliphatic rings. The second kappa shape index (κ2) is 6.88. The molecule has 2 rings (SSSR count). The number of aromatic hydroxyl groups is 1. The molecule has 1 aliphatic carbocycles. The van der Waals surface area contributed by atoms with E-state index in [1.165, 1.54) is 30.4 Å². The molecule has 6 N–H and O–H groups in total. The molecule has 9 heteroatoms. The summed E-state index contributed by atoms with van der Waals surface area (Å²) in [5, 5.41) is 39.8. The van der Waals surface area contributed by atoms with Crippen molar-refractivity contribution in [1.82, 2.24) is 0 Å². The van der Waals surface area contributed by atoms with Gasteiger partial charge in [-0.25, -0.2) is 4.57 Å². The summed E-state index contributed by atoms with van der Waals surface area (Å²) in [7, 11) is -4.80. The van der Waals surface area contributed by atoms with Crippen molar-refractivity contribution in [3.63, 3.8) is 0 Å². The molecule has 0 radical (unpaired) electrons. The zero-order valence-corrected chi connectivity index (χ0v) is 13.4. The van der Waals surface area contributed by atoms with Crippen LogP contribution in [-0.2, 0) is 11.0 Å². The largest absolute Gasteiger partial charge is 0.511 e. The Kier molecular flexibility index (Phi) is 5.27. The highest BCUT2D eigenvalue weighted by Crippen LogP contribution is 2.40. The maximum Gasteiger partial charge on any atom is 0.448 e. The molecule has 0 fully saturated rings. The predicted octanol–water partition coefficient (Wildman–Crippen LogP) is 1.17. The van der Waals surface area contributed by atoms with Gasteiger partial charge in [0.25, 0.3) is 0 Å². The molecule has 0 aliphatic heterocycles. The summed E-state index contributed by atoms with van der Waals surface area (Å²) >= 11 is 0. The van der Waals surface area contributed by atoms with Gasteiger partial charge in [0.2, 0.25) is 0 Å². The van der Waals surface area contributed by atoms with Crippen molar-refractivity contribution < 1.29 is 34.8 Å². The molecular formula is C15H18NO7P. The second-order valence-electron chi connectivity index (χ2n) is 5.47. The number of hydrogen-bond donors (Lipinski definition) is 6. The fourth-order valence-electron chi connectivity index (χ4n) is 2.44. The van der Waals surface area contributed by atoms with Crippen molar-refractivity contribution in [2.45, 2.75) is 18.6 Å². The first-order valence-corrected chi connectivity index (χ1v) is 8.60. The average molecular weight is 355 g/mol. The van der Waals surface area contributed by atoms with Gasteiger partial charge in [0.1, 0.15) is 17.4 Å². The lowest BCUT2D eigenvalue weighted by Crippen LogP contribution is -2.44. The molecule has 1 aromatic rings. The number of hydrogen-bond acceptors (Lipinski definition) is 5. The summed E-state index contributed by atoms with van der Waals surface area (Å²) in [5.41, 5.74) is 0.391. The maximum absolute atomic E-state index is 11.1. The van der Waals surface area contributed by atoms with Gasteiger partial charge in [0, 0.05) is 6.42 Å². The third-order valence-electron chi connectivity index (χ3n) is 3.55. The van der Waals surface area contributed by atoms with Crippen molar-refractivity contribution in [2.75, 3.05) is 0 Å². The molecule has 130 valence electrons. The zero-order valence-electron chi connectivity index (χ0n) is 12.5. The number of benzene rings is 1. The zero-order chi connectivity index (χ0) is 18.0. The standard InChI is InChI=1S/C15H18NO7P/c17-11-6-4-10(5-7-11)8-9-15(19,20)14-12(16-24(21,22)23)2-1-3-13(14)18/h1-7,14,17-20H,8-9H2,(H2,21,22,23)/b16-12+. The van der Waals surface area contributed by atoms with Crippen molar-refractivity contribution in [3.8, 4) is 5.75 Å². The van der Waals surface area contributed by atoms with E-state index < -0.39 is 25.2 Å². The van der Waals surface area contributed by atoms with E-state index in [1.54, 1.807) is 12.1 Å². The highest BCUT2D eigenvalue weighted by atomic mass is 31.2. The van der Waals surface area contributed by atoms with Crippen molar-refractivity contribution in [1.29, 1.82) is 0 Å². The molecule has 0 bridgehead atoms. The lowest BCUT2D eigenvalue weighted by Gasteiger charge is -2.32. The van der Waals surface area contributed by atoms with Gasteiger partial charge in [-0.15, -0.1) is 0 Å². The average Bonchev–Trinajstić information content (AvgIpc) is 2.45. The van der Waals surface area contributed by atoms with Crippen LogP contribution in [0.5, 0.6) is 5.75 Å². The summed E-state index contributed by atoms with van der Waals surface area (Å²) in [6.07, 6.45) is 3.67. The van der Waals surface area contributed by atoms with Crippen LogP contribution in [0.1, 0.15) is 12.0 Å². The van der Waals surface area contributed by atoms with Gasteiger partial charge in [0.05, 0.1) is 5.71 Å². The lowest BCUT2D eigenvalue weighted by atomic mass is 9.85. The Morgan fingerprint density at radius 3 is 2.33 bits per heavy atom. The van der Waals surface area contributed by atoms with E-state index in [1.807, 2.05) is 0 Å². The van der Waals surface area contributed by atoms with E-state index in [-0.39, 0.29) is 24.3 Å². The smallest absolute Gasteiger partial charge is 0.448 e. The topological polar surface area (TPSA) is 151 Å². The van der Waals surface area contributed by atoms with E-state index in [0.29, 0.717) is 5.56 Å². The van der Waals surface area contributed by atoms with Crippen LogP contribution in [0.15, 0.2) is 53.0 Å². The van der Waals surface area contributed by atoms with Crippen LogP contribution >= 0.6 is 7.75 Å². The number of aryl methyl sites for hydroxylation is 1. The van der Waals surface area contributed by atoms with Crippen molar-refractivity contribution >= 4 is 13.5 Å². The second-order valence-corrected chi connectivity index (χ2v) is 6.69. The van der Waals surface area contributed by atoms with Gasteiger partial charge in [-0.1, -0.05) is 18.2 Å². The van der Waals surface area contributed by atoms with Gasteiger partial charge in [-0.3, -0.25) is 0 Å². The van der Waals surface area contributed by atoms with Gasteiger partial charge in [-0.2, -0.15) is 4.76 Å². The van der Waals surface area contributed by atoms with Crippen molar-refractivity contribution in [2.24, 2.45) is 10.7 Å². The summed E-state index contributed by atoms with van der Waals surface area (Å²) < 4.78 is 14.3. The number of rotatable bonds is 5. The van der Waals surface area contributed by atoms with E-state index >= 15 is 0 Å². The molecule has 0 spiro atoms. The Morgan fingerprint density at radius 2 is 1.75 bits per heavy atom. The number of nitrogens with zero attached hydrogens (tertiary/aromatic N) is 1. The minimum atomic E-state index is -4.80. The Hall–Kier alpha value is -1.96. The number of aliphatic hydroxyl groups excluding tert-OH is 1. The molecule has 24 heavy (non-hydrogen) atoms. The van der Waals surface area contributed by atoms with Crippen LogP contribution < -0.4 is 0 Å². The summed E-state index contributed by atoms with van der Waals surface area (Å²) in [4.78, 5) is 18.0. The SMILES string of the molecule is O=P(O)(O)/N=C1\C=CC=C(O)C1C(O)(O)CCc1ccc(O)cc1. The van der Waals surface area contributed by atoms with Gasteiger partial charge >= 0.3 is 7.75 Å². The quantitative estimate of drug-likeness (QED) is 0.343. The molecule has 0 saturated heterocycles. The third kappa shape index (κ3) is 4.77. The van der Waals surface area contributed by atoms with Gasteiger partial charge in [-0.05, 0) is 36.3 Å². The highest BCUT2D eigenvalue weighted by Gasteiger charge is 2.41. The summed E-state index contributed by atoms with van der Waals surface area (Å²) in [5.74, 6) is -4.34. The Bertz CT molecular complexity index is 731. The van der Waals surface area contributed by atoms with Gasteiger partial charge < -0.3 is 30.2 Å². The minimum Gasteiger partial charge on any atom is -0.511 e. The Balaban J connectivity index is 2.22. The van der Waals surface area contributed by atoms with Crippen LogP contribution in [0.25, 0.3) is 0 Å². The van der Waals surface area contributed by atoms with Crippen LogP contribution in [0.3, 0.4) is 0 Å². The molecule has 1 unspecified atom stereocenters. The van der Waals surface area contributed by atoms with E-state index in [9.17, 15) is 25.0 Å². The predicted molar refractivity (Wildman–Crippen MR) is 86.4 cm³/mol. The fraction of sp³-hybridized carbons (Fsp3) is 0.267. The van der Waals surface area contributed by atoms with E-state index in [2.05, 4.69) is 4.76 Å². The van der Waals surface area contributed by atoms with Crippen LogP contribution in [0, 0.1) is 5.92 Å². The molecule has 1 atom stereocenters. The normalized spacial score (nSPS) is 20.2. The van der Waals surface area contributed by atoms with Crippen molar-refractivity contribution in [3.05, 3.63) is 53.8 Å². The lowest BCUT2D eigenvalue weighted by molar-refractivity contribution is -0.185. The molecule has 0 saturated carbocycles. The molecule has 0 amide bonds. The maximum atomic E-state index is 11.1. The van der Waals surface area contributed by atoms with E-state index in [4.69, 9.17) is 9.79 Å². The molecule has 0 aromatic heterocycles. The Morgan fingerprint density at radius 1 is 1.12 bits per heavy atom. The van der Waals surface area contributed by atoms with E-state index in [0.717, 1.165) is 0 Å². The number of allylic oxidation sites excluding steroid dienone is 3. The first-order chi connectivity index (χ1) is 11.1. The fourth-order valence-corrected chi connectivity index (χ4v) is 2.92. The number of aliphatic hydroxyl groups is 3. The summed E-state index contributed by atoms with van der Waals surface area (Å²) in [6, 6.07) is 6.11. The molecular weight excluding hydrogens is 337 g/mol.